The molecule has 16 heavy (non-hydrogen) atoms. The molecule has 0 bridgehead atoms. The Hall–Kier alpha value is -0.940. The van der Waals surface area contributed by atoms with E-state index in [0.717, 1.165) is 4.47 Å². The van der Waals surface area contributed by atoms with Crippen LogP contribution in [0.15, 0.2) is 22.8 Å². The summed E-state index contributed by atoms with van der Waals surface area (Å²) in [6, 6.07) is 3.80. The van der Waals surface area contributed by atoms with E-state index in [0.29, 0.717) is 18.3 Å². The molecular formula is C11H16BrN3O. The molecule has 88 valence electrons. The first-order chi connectivity index (χ1) is 7.50. The first-order valence-electron chi connectivity index (χ1n) is 5.07. The van der Waals surface area contributed by atoms with Crippen LogP contribution in [-0.2, 0) is 0 Å². The van der Waals surface area contributed by atoms with E-state index >= 15 is 0 Å². The summed E-state index contributed by atoms with van der Waals surface area (Å²) >= 11 is 3.27. The topological polar surface area (TPSA) is 45.2 Å². The molecule has 0 aromatic carbocycles. The molecule has 1 heterocycles. The molecule has 0 aliphatic carbocycles. The van der Waals surface area contributed by atoms with Crippen molar-refractivity contribution in [1.82, 2.24) is 15.2 Å². The molecule has 0 aliphatic heterocycles. The molecule has 0 spiro atoms. The Morgan fingerprint density at radius 3 is 2.75 bits per heavy atom. The van der Waals surface area contributed by atoms with Crippen LogP contribution >= 0.6 is 15.9 Å². The van der Waals surface area contributed by atoms with E-state index in [1.54, 1.807) is 18.3 Å². The van der Waals surface area contributed by atoms with Crippen LogP contribution in [0.4, 0.5) is 0 Å². The third-order valence-corrected chi connectivity index (χ3v) is 2.87. The summed E-state index contributed by atoms with van der Waals surface area (Å²) in [6.07, 6.45) is 1.62. The van der Waals surface area contributed by atoms with Gasteiger partial charge in [0.1, 0.15) is 5.69 Å². The third-order valence-electron chi connectivity index (χ3n) is 2.40. The zero-order valence-electron chi connectivity index (χ0n) is 9.70. The summed E-state index contributed by atoms with van der Waals surface area (Å²) < 4.78 is 0.866. The normalized spacial score (nSPS) is 12.6. The number of likely N-dealkylation sites (N-methyl/N-ethyl adjacent to an activating group) is 1. The van der Waals surface area contributed by atoms with Crippen LogP contribution in [0.1, 0.15) is 17.4 Å². The molecule has 1 rings (SSSR count). The van der Waals surface area contributed by atoms with Crippen molar-refractivity contribution in [3.63, 3.8) is 0 Å². The van der Waals surface area contributed by atoms with Crippen molar-refractivity contribution in [3.05, 3.63) is 28.5 Å². The highest BCUT2D eigenvalue weighted by Crippen LogP contribution is 2.07. The summed E-state index contributed by atoms with van der Waals surface area (Å²) in [5.41, 5.74) is 0.439. The van der Waals surface area contributed by atoms with Crippen LogP contribution in [0, 0.1) is 0 Å². The van der Waals surface area contributed by atoms with Gasteiger partial charge >= 0.3 is 0 Å². The van der Waals surface area contributed by atoms with E-state index < -0.39 is 0 Å². The Bertz CT molecular complexity index is 351. The van der Waals surface area contributed by atoms with E-state index in [1.807, 2.05) is 14.1 Å². The Balaban J connectivity index is 2.50. The van der Waals surface area contributed by atoms with Gasteiger partial charge in [-0.3, -0.25) is 4.79 Å². The number of nitrogens with one attached hydrogen (secondary N) is 1. The zero-order chi connectivity index (χ0) is 12.1. The lowest BCUT2D eigenvalue weighted by Crippen LogP contribution is -2.38. The fraction of sp³-hybridized carbons (Fsp3) is 0.455. The van der Waals surface area contributed by atoms with Crippen LogP contribution in [-0.4, -0.2) is 42.5 Å². The number of hydrogen-bond acceptors (Lipinski definition) is 3. The second-order valence-electron chi connectivity index (χ2n) is 3.88. The average Bonchev–Trinajstić information content (AvgIpc) is 2.26. The second kappa shape index (κ2) is 5.96. The quantitative estimate of drug-likeness (QED) is 0.913. The summed E-state index contributed by atoms with van der Waals surface area (Å²) in [7, 11) is 3.96. The maximum Gasteiger partial charge on any atom is 0.269 e. The van der Waals surface area contributed by atoms with Gasteiger partial charge in [-0.05, 0) is 49.1 Å². The number of halogens is 1. The molecule has 1 aromatic rings. The van der Waals surface area contributed by atoms with E-state index in [4.69, 9.17) is 0 Å². The van der Waals surface area contributed by atoms with Crippen LogP contribution in [0.25, 0.3) is 0 Å². The first-order valence-corrected chi connectivity index (χ1v) is 5.86. The van der Waals surface area contributed by atoms with Crippen LogP contribution in [0.2, 0.25) is 0 Å². The maximum absolute atomic E-state index is 11.7. The van der Waals surface area contributed by atoms with E-state index in [-0.39, 0.29) is 5.91 Å². The summed E-state index contributed by atoms with van der Waals surface area (Å²) in [5.74, 6) is -0.138. The molecule has 1 aromatic heterocycles. The lowest BCUT2D eigenvalue weighted by Gasteiger charge is -2.19. The van der Waals surface area contributed by atoms with Crippen LogP contribution in [0.3, 0.4) is 0 Å². The molecule has 5 heteroatoms. The van der Waals surface area contributed by atoms with Gasteiger partial charge in [-0.25, -0.2) is 4.98 Å². The highest BCUT2D eigenvalue weighted by Gasteiger charge is 2.09. The van der Waals surface area contributed by atoms with Crippen LogP contribution in [0.5, 0.6) is 0 Å². The minimum atomic E-state index is -0.138. The molecule has 4 nitrogen and oxygen atoms in total. The minimum Gasteiger partial charge on any atom is -0.349 e. The second-order valence-corrected chi connectivity index (χ2v) is 4.80. The third kappa shape index (κ3) is 3.90. The maximum atomic E-state index is 11.7. The molecule has 0 fully saturated rings. The van der Waals surface area contributed by atoms with Crippen molar-refractivity contribution < 1.29 is 4.79 Å². The molecule has 0 saturated heterocycles. The average molecular weight is 286 g/mol. The van der Waals surface area contributed by atoms with Gasteiger partial charge in [-0.2, -0.15) is 0 Å². The Morgan fingerprint density at radius 1 is 1.56 bits per heavy atom. The summed E-state index contributed by atoms with van der Waals surface area (Å²) in [5, 5.41) is 2.84. The Labute approximate surface area is 104 Å². The predicted octanol–water partition coefficient (Wildman–Crippen LogP) is 1.52. The van der Waals surface area contributed by atoms with Gasteiger partial charge in [-0.1, -0.05) is 0 Å². The van der Waals surface area contributed by atoms with Gasteiger partial charge in [0.15, 0.2) is 0 Å². The first kappa shape index (κ1) is 13.1. The van der Waals surface area contributed by atoms with Crippen molar-refractivity contribution in [2.75, 3.05) is 20.6 Å². The number of amides is 1. The van der Waals surface area contributed by atoms with Gasteiger partial charge in [0.2, 0.25) is 0 Å². The van der Waals surface area contributed by atoms with Crippen molar-refractivity contribution >= 4 is 21.8 Å². The van der Waals surface area contributed by atoms with E-state index in [2.05, 4.69) is 38.1 Å². The Kier molecular flexibility index (Phi) is 4.89. The minimum absolute atomic E-state index is 0.138. The van der Waals surface area contributed by atoms with Gasteiger partial charge in [0, 0.05) is 23.3 Å². The largest absolute Gasteiger partial charge is 0.349 e. The standard InChI is InChI=1S/C11H16BrN3O/c1-8(15(2)3)6-14-11(16)10-5-4-9(12)7-13-10/h4-5,7-8H,6H2,1-3H3,(H,14,16). The van der Waals surface area contributed by atoms with Crippen molar-refractivity contribution in [3.8, 4) is 0 Å². The lowest BCUT2D eigenvalue weighted by molar-refractivity contribution is 0.0938. The smallest absolute Gasteiger partial charge is 0.269 e. The molecule has 0 aliphatic rings. The molecule has 0 radical (unpaired) electrons. The van der Waals surface area contributed by atoms with Gasteiger partial charge in [0.25, 0.3) is 5.91 Å². The number of hydrogen-bond donors (Lipinski definition) is 1. The summed E-state index contributed by atoms with van der Waals surface area (Å²) in [6.45, 7) is 2.67. The SMILES string of the molecule is CC(CNC(=O)c1ccc(Br)cn1)N(C)C. The Morgan fingerprint density at radius 2 is 2.25 bits per heavy atom. The molecule has 1 unspecified atom stereocenters. The number of aromatic nitrogens is 1. The molecule has 1 amide bonds. The predicted molar refractivity (Wildman–Crippen MR) is 67.4 cm³/mol. The molecule has 1 N–H and O–H groups in total. The molecule has 0 saturated carbocycles. The molecule has 1 atom stereocenters. The van der Waals surface area contributed by atoms with Crippen LogP contribution < -0.4 is 5.32 Å². The highest BCUT2D eigenvalue weighted by atomic mass is 79.9. The fourth-order valence-electron chi connectivity index (χ4n) is 1.02. The monoisotopic (exact) mass is 285 g/mol. The van der Waals surface area contributed by atoms with E-state index in [1.165, 1.54) is 0 Å². The van der Waals surface area contributed by atoms with Gasteiger partial charge < -0.3 is 10.2 Å². The van der Waals surface area contributed by atoms with Gasteiger partial charge in [-0.15, -0.1) is 0 Å². The zero-order valence-corrected chi connectivity index (χ0v) is 11.3. The number of pyridine rings is 1. The highest BCUT2D eigenvalue weighted by molar-refractivity contribution is 9.10. The van der Waals surface area contributed by atoms with Crippen molar-refractivity contribution in [2.45, 2.75) is 13.0 Å². The fourth-order valence-corrected chi connectivity index (χ4v) is 1.26. The van der Waals surface area contributed by atoms with E-state index in [9.17, 15) is 4.79 Å². The number of carbonyl (C=O) groups excluding carboxylic acids is 1. The number of carbonyl (C=O) groups is 1. The lowest BCUT2D eigenvalue weighted by atomic mass is 10.3. The van der Waals surface area contributed by atoms with Crippen molar-refractivity contribution in [2.24, 2.45) is 0 Å². The van der Waals surface area contributed by atoms with Crippen molar-refractivity contribution in [1.29, 1.82) is 0 Å². The number of rotatable bonds is 4. The summed E-state index contributed by atoms with van der Waals surface area (Å²) in [4.78, 5) is 17.8. The number of nitrogens with zero attached hydrogens (tertiary/aromatic N) is 2. The van der Waals surface area contributed by atoms with Gasteiger partial charge in [0.05, 0.1) is 0 Å². The molecular weight excluding hydrogens is 270 g/mol.